The van der Waals surface area contributed by atoms with Gasteiger partial charge in [0.15, 0.2) is 0 Å². The zero-order valence-corrected chi connectivity index (χ0v) is 12.7. The first kappa shape index (κ1) is 13.9. The van der Waals surface area contributed by atoms with E-state index in [9.17, 15) is 0 Å². The quantitative estimate of drug-likeness (QED) is 0.747. The summed E-state index contributed by atoms with van der Waals surface area (Å²) in [5, 5.41) is 5.69. The summed E-state index contributed by atoms with van der Waals surface area (Å²) < 4.78 is 0. The number of piperidine rings is 1. The van der Waals surface area contributed by atoms with E-state index in [1.807, 2.05) is 0 Å². The van der Waals surface area contributed by atoms with Crippen molar-refractivity contribution in [1.82, 2.24) is 10.0 Å². The lowest BCUT2D eigenvalue weighted by atomic mass is 9.89. The maximum absolute atomic E-state index is 2.91. The van der Waals surface area contributed by atoms with Crippen LogP contribution in [0.15, 0.2) is 0 Å². The second-order valence-corrected chi connectivity index (χ2v) is 6.98. The summed E-state index contributed by atoms with van der Waals surface area (Å²) in [7, 11) is 0. The first-order valence-electron chi connectivity index (χ1n) is 8.98. The first-order valence-corrected chi connectivity index (χ1v) is 8.98. The van der Waals surface area contributed by atoms with Crippen LogP contribution in [0.5, 0.6) is 0 Å². The van der Waals surface area contributed by atoms with Crippen molar-refractivity contribution in [3.63, 3.8) is 0 Å². The Kier molecular flexibility index (Phi) is 5.17. The summed E-state index contributed by atoms with van der Waals surface area (Å²) in [6.07, 6.45) is 19.0. The van der Waals surface area contributed by atoms with Crippen LogP contribution in [0.1, 0.15) is 83.5 Å². The molecule has 0 aromatic carbocycles. The molecule has 0 bridgehead atoms. The molecule has 1 saturated heterocycles. The van der Waals surface area contributed by atoms with Crippen LogP contribution < -0.4 is 0 Å². The van der Waals surface area contributed by atoms with Gasteiger partial charge in [-0.15, -0.1) is 0 Å². The molecule has 0 aromatic heterocycles. The summed E-state index contributed by atoms with van der Waals surface area (Å²) in [6, 6.07) is 1.77. The predicted molar refractivity (Wildman–Crippen MR) is 81.0 cm³/mol. The van der Waals surface area contributed by atoms with Crippen LogP contribution in [0.3, 0.4) is 0 Å². The molecule has 3 rings (SSSR count). The average molecular weight is 264 g/mol. The van der Waals surface area contributed by atoms with E-state index in [1.165, 1.54) is 96.6 Å². The summed E-state index contributed by atoms with van der Waals surface area (Å²) in [5.41, 5.74) is 0. The Morgan fingerprint density at radius 1 is 0.526 bits per heavy atom. The molecule has 0 atom stereocenters. The number of nitrogens with zero attached hydrogens (tertiary/aromatic N) is 2. The first-order chi connectivity index (χ1) is 9.45. The fraction of sp³-hybridized carbons (Fsp3) is 1.00. The third-order valence-electron chi connectivity index (χ3n) is 5.56. The molecule has 3 fully saturated rings. The van der Waals surface area contributed by atoms with Gasteiger partial charge in [-0.05, 0) is 38.5 Å². The molecule has 0 radical (unpaired) electrons. The molecule has 0 aromatic rings. The van der Waals surface area contributed by atoms with Gasteiger partial charge in [-0.3, -0.25) is 0 Å². The van der Waals surface area contributed by atoms with E-state index >= 15 is 0 Å². The van der Waals surface area contributed by atoms with Gasteiger partial charge < -0.3 is 0 Å². The second kappa shape index (κ2) is 7.08. The van der Waals surface area contributed by atoms with Gasteiger partial charge in [0.2, 0.25) is 0 Å². The minimum absolute atomic E-state index is 0.884. The lowest BCUT2D eigenvalue weighted by molar-refractivity contribution is -0.120. The number of hydrogen-bond donors (Lipinski definition) is 0. The standard InChI is InChI=1S/C17H32N2/c1-4-10-16(11-5-1)19(17-12-6-2-7-13-17)18-14-8-3-9-15-18/h16-17H,1-15H2. The summed E-state index contributed by atoms with van der Waals surface area (Å²) in [4.78, 5) is 0. The van der Waals surface area contributed by atoms with Crippen LogP contribution in [0.25, 0.3) is 0 Å². The van der Waals surface area contributed by atoms with Gasteiger partial charge in [0.1, 0.15) is 0 Å². The Hall–Kier alpha value is -0.0800. The van der Waals surface area contributed by atoms with E-state index in [2.05, 4.69) is 10.0 Å². The molecule has 2 nitrogen and oxygen atoms in total. The van der Waals surface area contributed by atoms with Crippen molar-refractivity contribution in [3.05, 3.63) is 0 Å². The van der Waals surface area contributed by atoms with Gasteiger partial charge in [0.25, 0.3) is 0 Å². The molecule has 3 aliphatic rings. The van der Waals surface area contributed by atoms with Gasteiger partial charge in [0, 0.05) is 25.2 Å². The van der Waals surface area contributed by atoms with Crippen molar-refractivity contribution in [2.45, 2.75) is 95.6 Å². The van der Waals surface area contributed by atoms with Crippen LogP contribution in [0.4, 0.5) is 0 Å². The Morgan fingerprint density at radius 2 is 0.947 bits per heavy atom. The lowest BCUT2D eigenvalue weighted by Gasteiger charge is -2.49. The van der Waals surface area contributed by atoms with Crippen molar-refractivity contribution in [1.29, 1.82) is 0 Å². The number of hydrogen-bond acceptors (Lipinski definition) is 2. The summed E-state index contributed by atoms with van der Waals surface area (Å²) in [6.45, 7) is 2.68. The molecule has 1 aliphatic heterocycles. The zero-order valence-electron chi connectivity index (χ0n) is 12.7. The third-order valence-corrected chi connectivity index (χ3v) is 5.56. The molecule has 2 aliphatic carbocycles. The molecule has 110 valence electrons. The molecule has 2 heteroatoms. The third kappa shape index (κ3) is 3.52. The van der Waals surface area contributed by atoms with Gasteiger partial charge >= 0.3 is 0 Å². The zero-order chi connectivity index (χ0) is 12.9. The molecule has 0 spiro atoms. The molecule has 1 heterocycles. The Balaban J connectivity index is 1.68. The van der Waals surface area contributed by atoms with Gasteiger partial charge in [0.05, 0.1) is 0 Å². The Labute approximate surface area is 119 Å². The maximum Gasteiger partial charge on any atom is 0.0249 e. The van der Waals surface area contributed by atoms with Crippen molar-refractivity contribution in [3.8, 4) is 0 Å². The number of rotatable bonds is 3. The van der Waals surface area contributed by atoms with Gasteiger partial charge in [-0.1, -0.05) is 44.9 Å². The Morgan fingerprint density at radius 3 is 1.42 bits per heavy atom. The van der Waals surface area contributed by atoms with Crippen molar-refractivity contribution in [2.24, 2.45) is 0 Å². The van der Waals surface area contributed by atoms with Crippen molar-refractivity contribution >= 4 is 0 Å². The second-order valence-electron chi connectivity index (χ2n) is 6.98. The molecule has 19 heavy (non-hydrogen) atoms. The smallest absolute Gasteiger partial charge is 0.0249 e. The minimum Gasteiger partial charge on any atom is -0.241 e. The van der Waals surface area contributed by atoms with Crippen LogP contribution in [0.2, 0.25) is 0 Å². The molecule has 0 N–H and O–H groups in total. The maximum atomic E-state index is 2.91. The highest BCUT2D eigenvalue weighted by molar-refractivity contribution is 4.83. The molecule has 2 saturated carbocycles. The van der Waals surface area contributed by atoms with Crippen LogP contribution in [-0.4, -0.2) is 35.2 Å². The molecular weight excluding hydrogens is 232 g/mol. The SMILES string of the molecule is C1CCC(N(C2CCCCC2)N2CCCCC2)CC1. The van der Waals surface area contributed by atoms with E-state index in [4.69, 9.17) is 0 Å². The predicted octanol–water partition coefficient (Wildman–Crippen LogP) is 4.35. The highest BCUT2D eigenvalue weighted by Crippen LogP contribution is 2.32. The van der Waals surface area contributed by atoms with Crippen molar-refractivity contribution < 1.29 is 0 Å². The highest BCUT2D eigenvalue weighted by atomic mass is 15.6. The van der Waals surface area contributed by atoms with Gasteiger partial charge in [-0.2, -0.15) is 0 Å². The molecule has 0 amide bonds. The monoisotopic (exact) mass is 264 g/mol. The summed E-state index contributed by atoms with van der Waals surface area (Å²) in [5.74, 6) is 0. The molecule has 0 unspecified atom stereocenters. The van der Waals surface area contributed by atoms with E-state index in [0.717, 1.165) is 12.1 Å². The van der Waals surface area contributed by atoms with Crippen molar-refractivity contribution in [2.75, 3.05) is 13.1 Å². The largest absolute Gasteiger partial charge is 0.241 e. The number of hydrazine groups is 1. The molecular formula is C17H32N2. The lowest BCUT2D eigenvalue weighted by Crippen LogP contribution is -2.56. The van der Waals surface area contributed by atoms with Gasteiger partial charge in [-0.25, -0.2) is 10.0 Å². The van der Waals surface area contributed by atoms with E-state index in [1.54, 1.807) is 0 Å². The summed E-state index contributed by atoms with van der Waals surface area (Å²) >= 11 is 0. The van der Waals surface area contributed by atoms with E-state index in [-0.39, 0.29) is 0 Å². The Bertz CT molecular complexity index is 205. The average Bonchev–Trinajstić information content (AvgIpc) is 2.51. The minimum atomic E-state index is 0.884. The van der Waals surface area contributed by atoms with Crippen LogP contribution in [-0.2, 0) is 0 Å². The highest BCUT2D eigenvalue weighted by Gasteiger charge is 2.33. The topological polar surface area (TPSA) is 6.48 Å². The van der Waals surface area contributed by atoms with Crippen LogP contribution >= 0.6 is 0 Å². The fourth-order valence-corrected chi connectivity index (χ4v) is 4.56. The normalized spacial score (nSPS) is 28.9. The van der Waals surface area contributed by atoms with E-state index < -0.39 is 0 Å². The van der Waals surface area contributed by atoms with Crippen LogP contribution in [0, 0.1) is 0 Å². The van der Waals surface area contributed by atoms with E-state index in [0.29, 0.717) is 0 Å². The fourth-order valence-electron chi connectivity index (χ4n) is 4.56.